The van der Waals surface area contributed by atoms with Crippen LogP contribution in [0.3, 0.4) is 0 Å². The van der Waals surface area contributed by atoms with Gasteiger partial charge in [-0.3, -0.25) is 4.98 Å². The van der Waals surface area contributed by atoms with Crippen LogP contribution in [0.25, 0.3) is 11.3 Å². The van der Waals surface area contributed by atoms with Crippen LogP contribution >= 0.6 is 23.2 Å². The molecule has 4 heteroatoms. The number of pyridine rings is 1. The second-order valence-electron chi connectivity index (χ2n) is 3.45. The van der Waals surface area contributed by atoms with E-state index in [2.05, 4.69) is 11.1 Å². The van der Waals surface area contributed by atoms with Crippen molar-refractivity contribution in [2.45, 2.75) is 6.42 Å². The first kappa shape index (κ1) is 11.9. The van der Waals surface area contributed by atoms with Crippen molar-refractivity contribution < 1.29 is 0 Å². The summed E-state index contributed by atoms with van der Waals surface area (Å²) in [5.41, 5.74) is 2.10. The summed E-state index contributed by atoms with van der Waals surface area (Å²) in [4.78, 5) is 4.36. The molecule has 1 heterocycles. The van der Waals surface area contributed by atoms with Gasteiger partial charge in [0.05, 0.1) is 33.9 Å². The highest BCUT2D eigenvalue weighted by atomic mass is 35.5. The molecule has 0 N–H and O–H groups in total. The third kappa shape index (κ3) is 2.58. The van der Waals surface area contributed by atoms with Gasteiger partial charge in [-0.1, -0.05) is 35.3 Å². The Bertz CT molecular complexity index is 568. The Balaban J connectivity index is 2.54. The molecule has 0 spiro atoms. The minimum absolute atomic E-state index is 0.274. The number of benzene rings is 1. The van der Waals surface area contributed by atoms with Gasteiger partial charge in [-0.25, -0.2) is 0 Å². The molecule has 0 saturated heterocycles. The van der Waals surface area contributed by atoms with E-state index >= 15 is 0 Å². The third-order valence-corrected chi connectivity index (χ3v) is 2.92. The molecule has 1 aromatic heterocycles. The van der Waals surface area contributed by atoms with Crippen molar-refractivity contribution in [1.29, 1.82) is 5.26 Å². The summed E-state index contributed by atoms with van der Waals surface area (Å²) in [5, 5.41) is 9.76. The summed E-state index contributed by atoms with van der Waals surface area (Å²) in [7, 11) is 0. The number of nitriles is 1. The quantitative estimate of drug-likeness (QED) is 0.817. The predicted octanol–water partition coefficient (Wildman–Crippen LogP) is 4.12. The maximum absolute atomic E-state index is 8.65. The fourth-order valence-corrected chi connectivity index (χ4v) is 2.13. The minimum atomic E-state index is 0.274. The standard InChI is InChI=1S/C13H8Cl2N2/c14-10-4-2-5-11(15)13(10)12-6-1-3-9(17-12)7-8-16/h1-6H,7H2. The predicted molar refractivity (Wildman–Crippen MR) is 69.0 cm³/mol. The van der Waals surface area contributed by atoms with E-state index < -0.39 is 0 Å². The zero-order valence-corrected chi connectivity index (χ0v) is 10.3. The van der Waals surface area contributed by atoms with E-state index in [0.717, 1.165) is 0 Å². The number of nitrogens with zero attached hydrogens (tertiary/aromatic N) is 2. The molecule has 2 nitrogen and oxygen atoms in total. The van der Waals surface area contributed by atoms with Crippen molar-refractivity contribution in [3.8, 4) is 17.3 Å². The van der Waals surface area contributed by atoms with Crippen LogP contribution in [0, 0.1) is 11.3 Å². The van der Waals surface area contributed by atoms with E-state index in [4.69, 9.17) is 28.5 Å². The van der Waals surface area contributed by atoms with Gasteiger partial charge >= 0.3 is 0 Å². The van der Waals surface area contributed by atoms with E-state index in [0.29, 0.717) is 27.0 Å². The number of hydrogen-bond donors (Lipinski definition) is 0. The van der Waals surface area contributed by atoms with Gasteiger partial charge in [-0.15, -0.1) is 0 Å². The Hall–Kier alpha value is -1.56. The molecular weight excluding hydrogens is 255 g/mol. The average Bonchev–Trinajstić information content (AvgIpc) is 2.30. The molecule has 17 heavy (non-hydrogen) atoms. The maximum atomic E-state index is 8.65. The van der Waals surface area contributed by atoms with Crippen LogP contribution in [-0.2, 0) is 6.42 Å². The number of aromatic nitrogens is 1. The van der Waals surface area contributed by atoms with Gasteiger partial charge in [0, 0.05) is 5.56 Å². The highest BCUT2D eigenvalue weighted by Gasteiger charge is 2.09. The summed E-state index contributed by atoms with van der Waals surface area (Å²) in [6.45, 7) is 0. The van der Waals surface area contributed by atoms with Gasteiger partial charge in [-0.05, 0) is 24.3 Å². The average molecular weight is 263 g/mol. The molecule has 0 bridgehead atoms. The Labute approximate surface area is 109 Å². The molecule has 0 aliphatic heterocycles. The lowest BCUT2D eigenvalue weighted by atomic mass is 10.1. The summed E-state index contributed by atoms with van der Waals surface area (Å²) >= 11 is 12.2. The number of rotatable bonds is 2. The largest absolute Gasteiger partial charge is 0.252 e. The number of halogens is 2. The lowest BCUT2D eigenvalue weighted by Gasteiger charge is -2.06. The molecule has 84 valence electrons. The van der Waals surface area contributed by atoms with E-state index in [9.17, 15) is 0 Å². The molecular formula is C13H8Cl2N2. The molecule has 2 aromatic rings. The van der Waals surface area contributed by atoms with Gasteiger partial charge in [0.2, 0.25) is 0 Å². The molecule has 2 rings (SSSR count). The summed E-state index contributed by atoms with van der Waals surface area (Å²) < 4.78 is 0. The highest BCUT2D eigenvalue weighted by Crippen LogP contribution is 2.33. The van der Waals surface area contributed by atoms with Crippen molar-refractivity contribution in [2.24, 2.45) is 0 Å². The molecule has 0 unspecified atom stereocenters. The van der Waals surface area contributed by atoms with Crippen molar-refractivity contribution in [3.63, 3.8) is 0 Å². The lowest BCUT2D eigenvalue weighted by molar-refractivity contribution is 1.12. The minimum Gasteiger partial charge on any atom is -0.252 e. The molecule has 0 aliphatic rings. The molecule has 0 aliphatic carbocycles. The second kappa shape index (κ2) is 5.18. The molecule has 0 radical (unpaired) electrons. The van der Waals surface area contributed by atoms with Crippen LogP contribution < -0.4 is 0 Å². The first-order valence-corrected chi connectivity index (χ1v) is 5.75. The zero-order valence-electron chi connectivity index (χ0n) is 8.82. The van der Waals surface area contributed by atoms with Crippen LogP contribution in [-0.4, -0.2) is 4.98 Å². The van der Waals surface area contributed by atoms with Crippen LogP contribution in [0.4, 0.5) is 0 Å². The fourth-order valence-electron chi connectivity index (χ4n) is 1.54. The van der Waals surface area contributed by atoms with Gasteiger partial charge in [0.25, 0.3) is 0 Å². The van der Waals surface area contributed by atoms with E-state index in [1.807, 2.05) is 12.1 Å². The van der Waals surface area contributed by atoms with Crippen LogP contribution in [0.2, 0.25) is 10.0 Å². The molecule has 0 atom stereocenters. The van der Waals surface area contributed by atoms with Crippen molar-refractivity contribution in [2.75, 3.05) is 0 Å². The van der Waals surface area contributed by atoms with Gasteiger partial charge < -0.3 is 0 Å². The van der Waals surface area contributed by atoms with Gasteiger partial charge in [0.1, 0.15) is 0 Å². The third-order valence-electron chi connectivity index (χ3n) is 2.29. The fraction of sp³-hybridized carbons (Fsp3) is 0.0769. The number of hydrogen-bond acceptors (Lipinski definition) is 2. The Morgan fingerprint density at radius 3 is 2.35 bits per heavy atom. The molecule has 0 amide bonds. The first-order valence-electron chi connectivity index (χ1n) is 4.99. The van der Waals surface area contributed by atoms with Gasteiger partial charge in [-0.2, -0.15) is 5.26 Å². The Morgan fingerprint density at radius 1 is 1.06 bits per heavy atom. The molecule has 0 saturated carbocycles. The highest BCUT2D eigenvalue weighted by molar-refractivity contribution is 6.39. The monoisotopic (exact) mass is 262 g/mol. The normalized spacial score (nSPS) is 9.94. The van der Waals surface area contributed by atoms with Crippen molar-refractivity contribution in [3.05, 3.63) is 52.1 Å². The summed E-state index contributed by atoms with van der Waals surface area (Å²) in [5.74, 6) is 0. The lowest BCUT2D eigenvalue weighted by Crippen LogP contribution is -1.91. The Kier molecular flexibility index (Phi) is 3.63. The summed E-state index contributed by atoms with van der Waals surface area (Å²) in [6.07, 6.45) is 0.274. The molecule has 0 fully saturated rings. The first-order chi connectivity index (χ1) is 8.22. The zero-order chi connectivity index (χ0) is 12.3. The van der Waals surface area contributed by atoms with E-state index in [1.54, 1.807) is 24.3 Å². The van der Waals surface area contributed by atoms with Crippen molar-refractivity contribution >= 4 is 23.2 Å². The topological polar surface area (TPSA) is 36.7 Å². The van der Waals surface area contributed by atoms with Crippen molar-refractivity contribution in [1.82, 2.24) is 4.98 Å². The summed E-state index contributed by atoms with van der Waals surface area (Å²) in [6, 6.07) is 12.9. The van der Waals surface area contributed by atoms with E-state index in [-0.39, 0.29) is 6.42 Å². The van der Waals surface area contributed by atoms with E-state index in [1.165, 1.54) is 0 Å². The van der Waals surface area contributed by atoms with Crippen LogP contribution in [0.5, 0.6) is 0 Å². The smallest absolute Gasteiger partial charge is 0.0774 e. The molecule has 1 aromatic carbocycles. The van der Waals surface area contributed by atoms with Crippen LogP contribution in [0.15, 0.2) is 36.4 Å². The Morgan fingerprint density at radius 2 is 1.71 bits per heavy atom. The van der Waals surface area contributed by atoms with Gasteiger partial charge in [0.15, 0.2) is 0 Å². The SMILES string of the molecule is N#CCc1cccc(-c2c(Cl)cccc2Cl)n1. The van der Waals surface area contributed by atoms with Crippen LogP contribution in [0.1, 0.15) is 5.69 Å². The maximum Gasteiger partial charge on any atom is 0.0774 e. The second-order valence-corrected chi connectivity index (χ2v) is 4.26.